The molecule has 66 heavy (non-hydrogen) atoms. The van der Waals surface area contributed by atoms with Crippen LogP contribution in [0.15, 0.2) is 36.5 Å². The quantitative estimate of drug-likeness (QED) is 0.0262. The lowest BCUT2D eigenvalue weighted by atomic mass is 10.0. The minimum Gasteiger partial charge on any atom is -0.462 e. The largest absolute Gasteiger partial charge is 0.462 e. The van der Waals surface area contributed by atoms with Crippen molar-refractivity contribution in [3.8, 4) is 0 Å². The standard InChI is InChI=1S/C60H110O6/c1-4-7-10-13-16-19-22-25-27-29-30-32-33-35-38-41-44-47-50-53-59(62)65-56-57(55-64-58(61)52-49-46-43-40-37-24-21-18-15-12-9-6-3)66-60(63)54-51-48-45-42-39-36-34-31-28-26-23-20-17-14-11-8-5-2/h26,28,34,36,42,45,57H,4-25,27,29-33,35,37-41,43-44,46-56H2,1-3H3/b28-26-,36-34-,45-42-. The molecule has 6 nitrogen and oxygen atoms in total. The normalized spacial score (nSPS) is 12.2. The van der Waals surface area contributed by atoms with Crippen LogP contribution in [0.4, 0.5) is 0 Å². The predicted octanol–water partition coefficient (Wildman–Crippen LogP) is 19.3. The topological polar surface area (TPSA) is 78.9 Å². The first kappa shape index (κ1) is 63.6. The Kier molecular flexibility index (Phi) is 53.2. The third-order valence-corrected chi connectivity index (χ3v) is 12.9. The lowest BCUT2D eigenvalue weighted by molar-refractivity contribution is -0.167. The molecule has 0 radical (unpaired) electrons. The van der Waals surface area contributed by atoms with Crippen molar-refractivity contribution in [2.75, 3.05) is 13.2 Å². The zero-order valence-electron chi connectivity index (χ0n) is 44.2. The number of hydrogen-bond acceptors (Lipinski definition) is 6. The Balaban J connectivity index is 4.37. The molecule has 0 N–H and O–H groups in total. The highest BCUT2D eigenvalue weighted by Gasteiger charge is 2.19. The average molecular weight is 928 g/mol. The molecule has 0 aromatic carbocycles. The maximum absolute atomic E-state index is 12.8. The van der Waals surface area contributed by atoms with E-state index in [1.165, 1.54) is 205 Å². The highest BCUT2D eigenvalue weighted by molar-refractivity contribution is 5.71. The third-order valence-electron chi connectivity index (χ3n) is 12.9. The molecule has 0 saturated heterocycles. The van der Waals surface area contributed by atoms with E-state index in [1.807, 2.05) is 0 Å². The lowest BCUT2D eigenvalue weighted by Gasteiger charge is -2.18. The molecule has 0 aromatic heterocycles. The molecule has 386 valence electrons. The van der Waals surface area contributed by atoms with Crippen molar-refractivity contribution >= 4 is 17.9 Å². The molecule has 0 aromatic rings. The second-order valence-electron chi connectivity index (χ2n) is 19.6. The molecule has 0 aliphatic carbocycles. The molecule has 0 fully saturated rings. The van der Waals surface area contributed by atoms with Crippen LogP contribution in [0.5, 0.6) is 0 Å². The van der Waals surface area contributed by atoms with E-state index >= 15 is 0 Å². The van der Waals surface area contributed by atoms with Gasteiger partial charge >= 0.3 is 17.9 Å². The number of ether oxygens (including phenoxy) is 3. The molecule has 1 unspecified atom stereocenters. The number of esters is 3. The molecule has 0 saturated carbocycles. The van der Waals surface area contributed by atoms with Crippen LogP contribution >= 0.6 is 0 Å². The molecule has 0 aliphatic heterocycles. The average Bonchev–Trinajstić information content (AvgIpc) is 3.31. The summed E-state index contributed by atoms with van der Waals surface area (Å²) in [4.78, 5) is 38.1. The van der Waals surface area contributed by atoms with E-state index in [-0.39, 0.29) is 37.5 Å². The summed E-state index contributed by atoms with van der Waals surface area (Å²) in [7, 11) is 0. The third kappa shape index (κ3) is 52.6. The van der Waals surface area contributed by atoms with Gasteiger partial charge in [0.15, 0.2) is 6.10 Å². The van der Waals surface area contributed by atoms with Crippen molar-refractivity contribution in [3.05, 3.63) is 36.5 Å². The summed E-state index contributed by atoms with van der Waals surface area (Å²) >= 11 is 0. The maximum atomic E-state index is 12.8. The Morgan fingerprint density at radius 2 is 0.561 bits per heavy atom. The highest BCUT2D eigenvalue weighted by atomic mass is 16.6. The van der Waals surface area contributed by atoms with Gasteiger partial charge in [-0.1, -0.05) is 276 Å². The minimum absolute atomic E-state index is 0.0872. The Labute approximate surface area is 410 Å². The van der Waals surface area contributed by atoms with E-state index < -0.39 is 6.10 Å². The molecule has 0 aliphatic rings. The van der Waals surface area contributed by atoms with Crippen LogP contribution in [0.25, 0.3) is 0 Å². The van der Waals surface area contributed by atoms with Crippen LogP contribution in [0.2, 0.25) is 0 Å². The van der Waals surface area contributed by atoms with Gasteiger partial charge in [-0.2, -0.15) is 0 Å². The number of carbonyl (C=O) groups is 3. The first-order chi connectivity index (χ1) is 32.5. The van der Waals surface area contributed by atoms with Gasteiger partial charge in [0.2, 0.25) is 0 Å². The first-order valence-electron chi connectivity index (χ1n) is 29.0. The molecule has 0 heterocycles. The van der Waals surface area contributed by atoms with Gasteiger partial charge in [0.25, 0.3) is 0 Å². The number of hydrogen-bond donors (Lipinski definition) is 0. The monoisotopic (exact) mass is 927 g/mol. The SMILES string of the molecule is CCCCCCCC/C=C\C/C=C\C/C=C\CCCC(=O)OC(COC(=O)CCCCCCCCCCCCCC)COC(=O)CCCCCCCCCCCCCCCCCCCCC. The second kappa shape index (κ2) is 55.2. The van der Waals surface area contributed by atoms with E-state index in [4.69, 9.17) is 14.2 Å². The zero-order chi connectivity index (χ0) is 47.9. The number of unbranched alkanes of at least 4 members (excludes halogenated alkanes) is 36. The van der Waals surface area contributed by atoms with E-state index in [0.717, 1.165) is 57.8 Å². The van der Waals surface area contributed by atoms with Gasteiger partial charge in [0.05, 0.1) is 0 Å². The molecule has 1 atom stereocenters. The van der Waals surface area contributed by atoms with Gasteiger partial charge in [0.1, 0.15) is 13.2 Å². The molecule has 0 bridgehead atoms. The molecule has 6 heteroatoms. The second-order valence-corrected chi connectivity index (χ2v) is 19.6. The molecular formula is C60H110O6. The van der Waals surface area contributed by atoms with Crippen molar-refractivity contribution in [2.24, 2.45) is 0 Å². The Morgan fingerprint density at radius 1 is 0.303 bits per heavy atom. The summed E-state index contributed by atoms with van der Waals surface area (Å²) < 4.78 is 16.8. The fraction of sp³-hybridized carbons (Fsp3) is 0.850. The van der Waals surface area contributed by atoms with E-state index in [9.17, 15) is 14.4 Å². The maximum Gasteiger partial charge on any atom is 0.306 e. The van der Waals surface area contributed by atoms with Gasteiger partial charge in [-0.25, -0.2) is 0 Å². The summed E-state index contributed by atoms with van der Waals surface area (Å²) in [5, 5.41) is 0. The zero-order valence-corrected chi connectivity index (χ0v) is 44.2. The van der Waals surface area contributed by atoms with Crippen molar-refractivity contribution < 1.29 is 28.6 Å². The number of allylic oxidation sites excluding steroid dienone is 6. The molecule has 0 rings (SSSR count). The summed E-state index contributed by atoms with van der Waals surface area (Å²) in [6.07, 6.45) is 65.7. The minimum atomic E-state index is -0.794. The molecular weight excluding hydrogens is 817 g/mol. The fourth-order valence-corrected chi connectivity index (χ4v) is 8.52. The summed E-state index contributed by atoms with van der Waals surface area (Å²) in [5.74, 6) is -0.922. The van der Waals surface area contributed by atoms with Gasteiger partial charge in [0, 0.05) is 19.3 Å². The van der Waals surface area contributed by atoms with E-state index in [2.05, 4.69) is 57.2 Å². The fourth-order valence-electron chi connectivity index (χ4n) is 8.52. The van der Waals surface area contributed by atoms with Crippen LogP contribution < -0.4 is 0 Å². The van der Waals surface area contributed by atoms with Gasteiger partial charge < -0.3 is 14.2 Å². The summed E-state index contributed by atoms with van der Waals surface area (Å²) in [6, 6.07) is 0. The molecule has 0 spiro atoms. The van der Waals surface area contributed by atoms with Crippen LogP contribution in [-0.2, 0) is 28.6 Å². The first-order valence-corrected chi connectivity index (χ1v) is 29.0. The van der Waals surface area contributed by atoms with Crippen LogP contribution in [0, 0.1) is 0 Å². The number of carbonyl (C=O) groups excluding carboxylic acids is 3. The Bertz CT molecular complexity index is 1110. The van der Waals surface area contributed by atoms with Crippen molar-refractivity contribution in [1.82, 2.24) is 0 Å². The van der Waals surface area contributed by atoms with Crippen LogP contribution in [0.1, 0.15) is 310 Å². The lowest BCUT2D eigenvalue weighted by Crippen LogP contribution is -2.30. The van der Waals surface area contributed by atoms with Crippen molar-refractivity contribution in [3.63, 3.8) is 0 Å². The molecule has 0 amide bonds. The Hall–Kier alpha value is -2.37. The van der Waals surface area contributed by atoms with Crippen molar-refractivity contribution in [2.45, 2.75) is 316 Å². The number of rotatable bonds is 53. The summed E-state index contributed by atoms with van der Waals surface area (Å²) in [5.41, 5.74) is 0. The van der Waals surface area contributed by atoms with Gasteiger partial charge in [-0.3, -0.25) is 14.4 Å². The van der Waals surface area contributed by atoms with Crippen LogP contribution in [0.3, 0.4) is 0 Å². The Morgan fingerprint density at radius 3 is 0.894 bits per heavy atom. The van der Waals surface area contributed by atoms with Crippen LogP contribution in [-0.4, -0.2) is 37.2 Å². The van der Waals surface area contributed by atoms with E-state index in [0.29, 0.717) is 19.3 Å². The highest BCUT2D eigenvalue weighted by Crippen LogP contribution is 2.17. The van der Waals surface area contributed by atoms with E-state index in [1.54, 1.807) is 0 Å². The smallest absolute Gasteiger partial charge is 0.306 e. The van der Waals surface area contributed by atoms with Gasteiger partial charge in [-0.05, 0) is 51.4 Å². The predicted molar refractivity (Wildman–Crippen MR) is 284 cm³/mol. The van der Waals surface area contributed by atoms with Crippen molar-refractivity contribution in [1.29, 1.82) is 0 Å². The summed E-state index contributed by atoms with van der Waals surface area (Å²) in [6.45, 7) is 6.63. The van der Waals surface area contributed by atoms with Gasteiger partial charge in [-0.15, -0.1) is 0 Å².